The number of halogens is 4. The molecule has 8 heavy (non-hydrogen) atoms. The van der Waals surface area contributed by atoms with Crippen LogP contribution in [0.25, 0.3) is 0 Å². The van der Waals surface area contributed by atoms with Crippen LogP contribution < -0.4 is 0 Å². The molecule has 0 atom stereocenters. The Morgan fingerprint density at radius 3 is 1.75 bits per heavy atom. The van der Waals surface area contributed by atoms with Crippen LogP contribution >= 0.6 is 0 Å². The third-order valence-corrected chi connectivity index (χ3v) is 0.682. The van der Waals surface area contributed by atoms with Crippen molar-refractivity contribution < 1.29 is 35.8 Å². The molecular weight excluding hydrogens is 180 g/mol. The van der Waals surface area contributed by atoms with Gasteiger partial charge in [0.1, 0.15) is 0 Å². The molecule has 0 spiro atoms. The normalized spacial score (nSPS) is 12.0. The number of hydrogen-bond donors (Lipinski definition) is 0. The van der Waals surface area contributed by atoms with Gasteiger partial charge in [-0.25, -0.2) is 0 Å². The van der Waals surface area contributed by atoms with Crippen LogP contribution in [0.15, 0.2) is 0 Å². The van der Waals surface area contributed by atoms with Gasteiger partial charge in [0.2, 0.25) is 0 Å². The van der Waals surface area contributed by atoms with Gasteiger partial charge in [-0.2, -0.15) is 0 Å². The molecule has 0 aromatic heterocycles. The predicted molar refractivity (Wildman–Crippen MR) is 12.9 cm³/mol. The van der Waals surface area contributed by atoms with Crippen molar-refractivity contribution in [1.29, 1.82) is 0 Å². The standard InChI is InChI=1S/C2F4.Cu.O/c3-1-2(4,5)6;;. The van der Waals surface area contributed by atoms with Crippen LogP contribution in [0, 0.1) is 0 Å². The Morgan fingerprint density at radius 1 is 1.38 bits per heavy atom. The minimum atomic E-state index is -5.10. The first-order valence-corrected chi connectivity index (χ1v) is 2.14. The summed E-state index contributed by atoms with van der Waals surface area (Å²) >= 11 is -1.11. The Bertz CT molecular complexity index is 131. The van der Waals surface area contributed by atoms with Gasteiger partial charge in [0, 0.05) is 0 Å². The second-order valence-electron chi connectivity index (χ2n) is 0.786. The van der Waals surface area contributed by atoms with Gasteiger partial charge < -0.3 is 0 Å². The predicted octanol–water partition coefficient (Wildman–Crippen LogP) is 1.08. The summed E-state index contributed by atoms with van der Waals surface area (Å²) in [5, 5.41) is 0. The van der Waals surface area contributed by atoms with Crippen molar-refractivity contribution in [3.05, 3.63) is 0 Å². The summed E-state index contributed by atoms with van der Waals surface area (Å²) in [6.07, 6.45) is -5.10. The number of alkyl halides is 3. The Morgan fingerprint density at radius 2 is 1.75 bits per heavy atom. The molecule has 0 saturated carbocycles. The molecule has 0 amide bonds. The van der Waals surface area contributed by atoms with E-state index in [1.807, 2.05) is 0 Å². The van der Waals surface area contributed by atoms with Crippen LogP contribution in [-0.2, 0) is 18.3 Å². The first-order chi connectivity index (χ1) is 3.48. The molecule has 0 saturated heterocycles. The van der Waals surface area contributed by atoms with Crippen molar-refractivity contribution >= 4 is 4.67 Å². The zero-order valence-corrected chi connectivity index (χ0v) is 4.16. The van der Waals surface area contributed by atoms with Crippen LogP contribution in [-0.4, -0.2) is 10.8 Å². The quantitative estimate of drug-likeness (QED) is 0.402. The molecule has 0 rings (SSSR count). The molecule has 0 unspecified atom stereocenters. The third kappa shape index (κ3) is 2.28. The van der Waals surface area contributed by atoms with Crippen molar-refractivity contribution in [1.82, 2.24) is 0 Å². The summed E-state index contributed by atoms with van der Waals surface area (Å²) in [5.74, 6) is 0. The fraction of sp³-hybridized carbons (Fsp3) is 0.500. The van der Waals surface area contributed by atoms with Crippen LogP contribution in [0.4, 0.5) is 17.6 Å². The van der Waals surface area contributed by atoms with E-state index in [-0.39, 0.29) is 0 Å². The molecule has 0 radical (unpaired) electrons. The van der Waals surface area contributed by atoms with Gasteiger partial charge in [0.05, 0.1) is 0 Å². The molecule has 0 N–H and O–H groups in total. The Balaban J connectivity index is 4.26. The van der Waals surface area contributed by atoms with E-state index >= 15 is 0 Å². The van der Waals surface area contributed by atoms with Gasteiger partial charge in [-0.15, -0.1) is 0 Å². The van der Waals surface area contributed by atoms with Gasteiger partial charge in [0.25, 0.3) is 0 Å². The van der Waals surface area contributed by atoms with E-state index in [9.17, 15) is 17.6 Å². The maximum absolute atomic E-state index is 11.1. The van der Waals surface area contributed by atoms with Crippen LogP contribution in [0.5, 0.6) is 0 Å². The topological polar surface area (TPSA) is 17.1 Å². The van der Waals surface area contributed by atoms with Crippen molar-refractivity contribution in [2.75, 3.05) is 0 Å². The number of hydrogen-bond acceptors (Lipinski definition) is 1. The van der Waals surface area contributed by atoms with E-state index in [0.717, 1.165) is 0 Å². The molecular formula is C2CuF4O. The second-order valence-corrected chi connectivity index (χ2v) is 1.39. The first-order valence-electron chi connectivity index (χ1n) is 1.28. The van der Waals surface area contributed by atoms with Gasteiger partial charge in [-0.1, -0.05) is 0 Å². The van der Waals surface area contributed by atoms with Crippen molar-refractivity contribution in [3.8, 4) is 0 Å². The maximum atomic E-state index is 11.1. The molecule has 0 aliphatic heterocycles. The van der Waals surface area contributed by atoms with Crippen molar-refractivity contribution in [2.24, 2.45) is 0 Å². The summed E-state index contributed by atoms with van der Waals surface area (Å²) in [6, 6.07) is 0. The summed E-state index contributed by atoms with van der Waals surface area (Å²) in [4.78, 5) is 0. The van der Waals surface area contributed by atoms with E-state index in [1.165, 1.54) is 0 Å². The third-order valence-electron chi connectivity index (χ3n) is 0.247. The molecule has 53 valence electrons. The molecule has 6 heteroatoms. The fourth-order valence-electron chi connectivity index (χ4n) is 0.0349. The Hall–Kier alpha value is -0.0905. The van der Waals surface area contributed by atoms with Crippen LogP contribution in [0.3, 0.4) is 0 Å². The summed E-state index contributed by atoms with van der Waals surface area (Å²) in [5.41, 5.74) is 0. The van der Waals surface area contributed by atoms with E-state index in [0.29, 0.717) is 0 Å². The van der Waals surface area contributed by atoms with Gasteiger partial charge >= 0.3 is 46.7 Å². The van der Waals surface area contributed by atoms with Gasteiger partial charge in [0.15, 0.2) is 0 Å². The average molecular weight is 180 g/mol. The van der Waals surface area contributed by atoms with Crippen LogP contribution in [0.1, 0.15) is 0 Å². The zero-order valence-electron chi connectivity index (χ0n) is 3.22. The molecule has 0 heterocycles. The zero-order chi connectivity index (χ0) is 6.78. The summed E-state index contributed by atoms with van der Waals surface area (Å²) < 4.78 is 50.0. The first kappa shape index (κ1) is 7.91. The Kier molecular flexibility index (Phi) is 2.43. The average Bonchev–Trinajstić information content (AvgIpc) is 1.62. The molecule has 0 bridgehead atoms. The molecule has 1 nitrogen and oxygen atoms in total. The fourth-order valence-corrected chi connectivity index (χ4v) is 0.144. The van der Waals surface area contributed by atoms with Gasteiger partial charge in [-0.05, 0) is 0 Å². The molecule has 0 aromatic carbocycles. The van der Waals surface area contributed by atoms with Gasteiger partial charge in [-0.3, -0.25) is 0 Å². The minimum absolute atomic E-state index is 1.11. The Labute approximate surface area is 47.6 Å². The second kappa shape index (κ2) is 2.46. The summed E-state index contributed by atoms with van der Waals surface area (Å²) in [6.45, 7) is 0. The van der Waals surface area contributed by atoms with E-state index in [2.05, 4.69) is 0 Å². The molecule has 0 aliphatic rings. The molecule has 0 aliphatic carbocycles. The van der Waals surface area contributed by atoms with Crippen molar-refractivity contribution in [2.45, 2.75) is 6.18 Å². The monoisotopic (exact) mass is 179 g/mol. The van der Waals surface area contributed by atoms with E-state index in [1.54, 1.807) is 0 Å². The number of rotatable bonds is 0. The molecule has 0 aromatic rings. The van der Waals surface area contributed by atoms with Crippen LogP contribution in [0.2, 0.25) is 0 Å². The molecule has 0 fully saturated rings. The van der Waals surface area contributed by atoms with E-state index in [4.69, 9.17) is 3.83 Å². The summed E-state index contributed by atoms with van der Waals surface area (Å²) in [7, 11) is 0. The van der Waals surface area contributed by atoms with Crippen molar-refractivity contribution in [3.63, 3.8) is 0 Å². The SMILES string of the molecule is [O]=[Cu]=[C](F)C(F)(F)F. The van der Waals surface area contributed by atoms with E-state index < -0.39 is 25.3 Å².